The maximum absolute atomic E-state index is 6.18. The number of nitrogens with one attached hydrogen (secondary N) is 1. The number of nitrogens with two attached hydrogens (primary N) is 1. The molecule has 4 nitrogen and oxygen atoms in total. The van der Waals surface area contributed by atoms with Gasteiger partial charge in [0.25, 0.3) is 0 Å². The number of nitrogen functional groups attached to an aromatic ring is 1. The summed E-state index contributed by atoms with van der Waals surface area (Å²) in [5.74, 6) is 1.40. The number of hydrogen-bond donors (Lipinski definition) is 2. The summed E-state index contributed by atoms with van der Waals surface area (Å²) in [6.45, 7) is 9.72. The van der Waals surface area contributed by atoms with Gasteiger partial charge in [-0.05, 0) is 50.4 Å². The summed E-state index contributed by atoms with van der Waals surface area (Å²) in [5, 5.41) is 3.47. The minimum absolute atomic E-state index is 0.614. The molecule has 21 heavy (non-hydrogen) atoms. The van der Waals surface area contributed by atoms with Gasteiger partial charge in [0.1, 0.15) is 5.75 Å². The Morgan fingerprint density at radius 3 is 2.81 bits per heavy atom. The van der Waals surface area contributed by atoms with Crippen LogP contribution >= 0.6 is 0 Å². The molecule has 1 heterocycles. The molecule has 0 aromatic heterocycles. The first-order valence-electron chi connectivity index (χ1n) is 8.18. The van der Waals surface area contributed by atoms with Gasteiger partial charge in [0, 0.05) is 13.1 Å². The van der Waals surface area contributed by atoms with Crippen molar-refractivity contribution in [1.29, 1.82) is 0 Å². The number of nitrogens with zero attached hydrogens (tertiary/aromatic N) is 1. The average molecular weight is 291 g/mol. The molecule has 1 saturated heterocycles. The van der Waals surface area contributed by atoms with Crippen molar-refractivity contribution < 1.29 is 4.74 Å². The molecule has 1 aromatic carbocycles. The van der Waals surface area contributed by atoms with E-state index in [1.54, 1.807) is 0 Å². The Balaban J connectivity index is 1.84. The predicted octanol–water partition coefficient (Wildman–Crippen LogP) is 3.20. The van der Waals surface area contributed by atoms with Gasteiger partial charge >= 0.3 is 0 Å². The summed E-state index contributed by atoms with van der Waals surface area (Å²) in [4.78, 5) is 2.55. The molecule has 1 aliphatic heterocycles. The zero-order valence-corrected chi connectivity index (χ0v) is 13.4. The van der Waals surface area contributed by atoms with Gasteiger partial charge in [-0.15, -0.1) is 0 Å². The lowest BCUT2D eigenvalue weighted by atomic mass is 10.1. The van der Waals surface area contributed by atoms with E-state index in [4.69, 9.17) is 10.5 Å². The lowest BCUT2D eigenvalue weighted by molar-refractivity contribution is 0.294. The van der Waals surface area contributed by atoms with E-state index in [1.165, 1.54) is 32.5 Å². The van der Waals surface area contributed by atoms with Crippen molar-refractivity contribution >= 4 is 11.4 Å². The lowest BCUT2D eigenvalue weighted by Gasteiger charge is -2.21. The van der Waals surface area contributed by atoms with Crippen molar-refractivity contribution in [3.8, 4) is 5.75 Å². The molecule has 0 bridgehead atoms. The molecular weight excluding hydrogens is 262 g/mol. The van der Waals surface area contributed by atoms with E-state index in [0.717, 1.165) is 30.1 Å². The van der Waals surface area contributed by atoms with Crippen LogP contribution in [-0.4, -0.2) is 37.7 Å². The standard InChI is InChI=1S/C17H29N3O/c1-3-11-21-16-8-6-7-15(17(16)18)19-12-14(2)13-20-9-4-5-10-20/h6-8,14,19H,3-5,9-13,18H2,1-2H3. The molecule has 118 valence electrons. The normalized spacial score (nSPS) is 16.9. The van der Waals surface area contributed by atoms with E-state index in [1.807, 2.05) is 18.2 Å². The van der Waals surface area contributed by atoms with Gasteiger partial charge in [-0.3, -0.25) is 0 Å². The topological polar surface area (TPSA) is 50.5 Å². The third kappa shape index (κ3) is 4.81. The second kappa shape index (κ2) is 8.13. The van der Waals surface area contributed by atoms with Crippen LogP contribution in [0.2, 0.25) is 0 Å². The number of ether oxygens (including phenoxy) is 1. The summed E-state index contributed by atoms with van der Waals surface area (Å²) in [6, 6.07) is 5.95. The molecule has 0 saturated carbocycles. The SMILES string of the molecule is CCCOc1cccc(NCC(C)CN2CCCC2)c1N. The van der Waals surface area contributed by atoms with Crippen molar-refractivity contribution in [2.45, 2.75) is 33.1 Å². The van der Waals surface area contributed by atoms with Crippen LogP contribution in [0, 0.1) is 5.92 Å². The summed E-state index contributed by atoms with van der Waals surface area (Å²) in [5.41, 5.74) is 7.88. The molecule has 0 amide bonds. The molecular formula is C17H29N3O. The van der Waals surface area contributed by atoms with E-state index in [-0.39, 0.29) is 0 Å². The Morgan fingerprint density at radius 1 is 1.33 bits per heavy atom. The Bertz CT molecular complexity index is 430. The van der Waals surface area contributed by atoms with E-state index >= 15 is 0 Å². The minimum atomic E-state index is 0.614. The Kier molecular flexibility index (Phi) is 6.18. The molecule has 1 unspecified atom stereocenters. The third-order valence-electron chi connectivity index (χ3n) is 3.94. The zero-order chi connectivity index (χ0) is 15.1. The quantitative estimate of drug-likeness (QED) is 0.722. The summed E-state index contributed by atoms with van der Waals surface area (Å²) in [6.07, 6.45) is 3.69. The molecule has 1 aliphatic rings. The fourth-order valence-electron chi connectivity index (χ4n) is 2.79. The molecule has 1 fully saturated rings. The predicted molar refractivity (Wildman–Crippen MR) is 90.0 cm³/mol. The fourth-order valence-corrected chi connectivity index (χ4v) is 2.79. The van der Waals surface area contributed by atoms with Crippen LogP contribution < -0.4 is 15.8 Å². The second-order valence-corrected chi connectivity index (χ2v) is 6.06. The second-order valence-electron chi connectivity index (χ2n) is 6.06. The highest BCUT2D eigenvalue weighted by atomic mass is 16.5. The number of likely N-dealkylation sites (tertiary alicyclic amines) is 1. The van der Waals surface area contributed by atoms with E-state index in [2.05, 4.69) is 24.1 Å². The van der Waals surface area contributed by atoms with Gasteiger partial charge in [0.15, 0.2) is 0 Å². The lowest BCUT2D eigenvalue weighted by Crippen LogP contribution is -2.29. The van der Waals surface area contributed by atoms with Crippen LogP contribution in [0.1, 0.15) is 33.1 Å². The average Bonchev–Trinajstić information content (AvgIpc) is 2.98. The minimum Gasteiger partial charge on any atom is -0.491 e. The van der Waals surface area contributed by atoms with Crippen LogP contribution in [0.4, 0.5) is 11.4 Å². The Labute approximate surface area is 128 Å². The summed E-state index contributed by atoms with van der Waals surface area (Å²) in [7, 11) is 0. The molecule has 2 rings (SSSR count). The van der Waals surface area contributed by atoms with Gasteiger partial charge in [-0.2, -0.15) is 0 Å². The van der Waals surface area contributed by atoms with Crippen LogP contribution in [0.15, 0.2) is 18.2 Å². The maximum Gasteiger partial charge on any atom is 0.144 e. The summed E-state index contributed by atoms with van der Waals surface area (Å²) < 4.78 is 5.67. The Morgan fingerprint density at radius 2 is 2.10 bits per heavy atom. The molecule has 0 spiro atoms. The molecule has 1 atom stereocenters. The highest BCUT2D eigenvalue weighted by molar-refractivity contribution is 5.72. The summed E-state index contributed by atoms with van der Waals surface area (Å²) >= 11 is 0. The number of para-hydroxylation sites is 1. The number of anilines is 2. The fraction of sp³-hybridized carbons (Fsp3) is 0.647. The molecule has 3 N–H and O–H groups in total. The van der Waals surface area contributed by atoms with Crippen molar-refractivity contribution in [3.05, 3.63) is 18.2 Å². The molecule has 1 aromatic rings. The third-order valence-corrected chi connectivity index (χ3v) is 3.94. The highest BCUT2D eigenvalue weighted by Gasteiger charge is 2.15. The van der Waals surface area contributed by atoms with Gasteiger partial charge in [-0.25, -0.2) is 0 Å². The van der Waals surface area contributed by atoms with Crippen molar-refractivity contribution in [3.63, 3.8) is 0 Å². The molecule has 0 aliphatic carbocycles. The van der Waals surface area contributed by atoms with Crippen molar-refractivity contribution in [2.24, 2.45) is 5.92 Å². The van der Waals surface area contributed by atoms with Crippen LogP contribution in [0.5, 0.6) is 5.75 Å². The van der Waals surface area contributed by atoms with Gasteiger partial charge < -0.3 is 20.7 Å². The van der Waals surface area contributed by atoms with Crippen molar-refractivity contribution in [1.82, 2.24) is 4.90 Å². The smallest absolute Gasteiger partial charge is 0.144 e. The Hall–Kier alpha value is -1.42. The maximum atomic E-state index is 6.18. The highest BCUT2D eigenvalue weighted by Crippen LogP contribution is 2.29. The van der Waals surface area contributed by atoms with Crippen LogP contribution in [0.3, 0.4) is 0 Å². The van der Waals surface area contributed by atoms with Crippen molar-refractivity contribution in [2.75, 3.05) is 43.8 Å². The zero-order valence-electron chi connectivity index (χ0n) is 13.4. The number of benzene rings is 1. The van der Waals surface area contributed by atoms with E-state index < -0.39 is 0 Å². The largest absolute Gasteiger partial charge is 0.491 e. The van der Waals surface area contributed by atoms with Gasteiger partial charge in [-0.1, -0.05) is 19.9 Å². The van der Waals surface area contributed by atoms with E-state index in [9.17, 15) is 0 Å². The monoisotopic (exact) mass is 291 g/mol. The van der Waals surface area contributed by atoms with Crippen LogP contribution in [0.25, 0.3) is 0 Å². The first-order valence-corrected chi connectivity index (χ1v) is 8.18. The first-order chi connectivity index (χ1) is 10.2. The number of hydrogen-bond acceptors (Lipinski definition) is 4. The van der Waals surface area contributed by atoms with E-state index in [0.29, 0.717) is 12.5 Å². The van der Waals surface area contributed by atoms with Crippen LogP contribution in [-0.2, 0) is 0 Å². The van der Waals surface area contributed by atoms with Gasteiger partial charge in [0.2, 0.25) is 0 Å². The molecule has 0 radical (unpaired) electrons. The first kappa shape index (κ1) is 16.0. The molecule has 4 heteroatoms. The van der Waals surface area contributed by atoms with Gasteiger partial charge in [0.05, 0.1) is 18.0 Å². The number of rotatable bonds is 8.